The molecule has 0 aliphatic carbocycles. The molecule has 0 saturated heterocycles. The van der Waals surface area contributed by atoms with Crippen LogP contribution in [-0.2, 0) is 6.54 Å². The number of amides is 1. The molecule has 4 heteroatoms. The molecule has 0 unspecified atom stereocenters. The number of benzene rings is 1. The van der Waals surface area contributed by atoms with Crippen molar-refractivity contribution in [3.8, 4) is 0 Å². The fourth-order valence-electron chi connectivity index (χ4n) is 2.05. The van der Waals surface area contributed by atoms with Gasteiger partial charge in [0, 0.05) is 24.3 Å². The van der Waals surface area contributed by atoms with Crippen molar-refractivity contribution < 1.29 is 4.79 Å². The average Bonchev–Trinajstić information content (AvgIpc) is 2.85. The molecule has 1 aromatic carbocycles. The Balaban J connectivity index is 2.03. The Hall–Kier alpha value is -1.55. The molecule has 106 valence electrons. The summed E-state index contributed by atoms with van der Waals surface area (Å²) in [7, 11) is 1.81. The van der Waals surface area contributed by atoms with Crippen LogP contribution in [0, 0.1) is 0 Å². The predicted octanol–water partition coefficient (Wildman–Crippen LogP) is 4.17. The van der Waals surface area contributed by atoms with E-state index in [2.05, 4.69) is 59.0 Å². The SMILES string of the molecule is CC(C)c1ccc(CN(C)C(=O)c2cc(Br)c[nH]2)cc1. The number of hydrogen-bond acceptors (Lipinski definition) is 1. The number of aromatic amines is 1. The van der Waals surface area contributed by atoms with Crippen molar-refractivity contribution in [2.75, 3.05) is 7.05 Å². The number of H-pyrrole nitrogens is 1. The van der Waals surface area contributed by atoms with Crippen molar-refractivity contribution in [3.05, 3.63) is 57.8 Å². The van der Waals surface area contributed by atoms with Gasteiger partial charge in [0.1, 0.15) is 5.69 Å². The molecule has 0 spiro atoms. The van der Waals surface area contributed by atoms with E-state index in [-0.39, 0.29) is 5.91 Å². The van der Waals surface area contributed by atoms with Gasteiger partial charge in [-0.05, 0) is 39.0 Å². The molecule has 0 fully saturated rings. The zero-order chi connectivity index (χ0) is 14.7. The smallest absolute Gasteiger partial charge is 0.270 e. The third-order valence-electron chi connectivity index (χ3n) is 3.29. The number of nitrogens with one attached hydrogen (secondary N) is 1. The summed E-state index contributed by atoms with van der Waals surface area (Å²) in [5, 5.41) is 0. The highest BCUT2D eigenvalue weighted by Crippen LogP contribution is 2.16. The Morgan fingerprint density at radius 3 is 2.45 bits per heavy atom. The van der Waals surface area contributed by atoms with E-state index in [9.17, 15) is 4.79 Å². The molecule has 1 aromatic heterocycles. The van der Waals surface area contributed by atoms with Crippen LogP contribution in [0.2, 0.25) is 0 Å². The summed E-state index contributed by atoms with van der Waals surface area (Å²) >= 11 is 3.34. The molecule has 3 nitrogen and oxygen atoms in total. The lowest BCUT2D eigenvalue weighted by molar-refractivity contribution is 0.0780. The van der Waals surface area contributed by atoms with Crippen LogP contribution in [0.3, 0.4) is 0 Å². The van der Waals surface area contributed by atoms with E-state index in [1.807, 2.05) is 7.05 Å². The minimum atomic E-state index is -0.0105. The van der Waals surface area contributed by atoms with Crippen molar-refractivity contribution in [2.45, 2.75) is 26.3 Å². The molecular formula is C16H19BrN2O. The number of aromatic nitrogens is 1. The molecule has 0 aliphatic rings. The zero-order valence-electron chi connectivity index (χ0n) is 12.0. The molecule has 2 aromatic rings. The van der Waals surface area contributed by atoms with Gasteiger partial charge in [0.2, 0.25) is 0 Å². The van der Waals surface area contributed by atoms with Crippen molar-refractivity contribution in [1.29, 1.82) is 0 Å². The first kappa shape index (κ1) is 14.9. The average molecular weight is 335 g/mol. The molecule has 1 N–H and O–H groups in total. The van der Waals surface area contributed by atoms with E-state index < -0.39 is 0 Å². The molecule has 0 saturated carbocycles. The van der Waals surface area contributed by atoms with E-state index in [4.69, 9.17) is 0 Å². The highest BCUT2D eigenvalue weighted by Gasteiger charge is 2.13. The Morgan fingerprint density at radius 1 is 1.30 bits per heavy atom. The van der Waals surface area contributed by atoms with E-state index in [1.165, 1.54) is 5.56 Å². The van der Waals surface area contributed by atoms with Crippen LogP contribution < -0.4 is 0 Å². The third kappa shape index (κ3) is 3.51. The lowest BCUT2D eigenvalue weighted by Crippen LogP contribution is -2.26. The van der Waals surface area contributed by atoms with Crippen LogP contribution in [0.1, 0.15) is 41.4 Å². The minimum absolute atomic E-state index is 0.0105. The van der Waals surface area contributed by atoms with Crippen LogP contribution in [0.4, 0.5) is 0 Å². The van der Waals surface area contributed by atoms with Crippen molar-refractivity contribution in [2.24, 2.45) is 0 Å². The van der Waals surface area contributed by atoms with Gasteiger partial charge in [-0.2, -0.15) is 0 Å². The lowest BCUT2D eigenvalue weighted by atomic mass is 10.0. The zero-order valence-corrected chi connectivity index (χ0v) is 13.6. The van der Waals surface area contributed by atoms with E-state index in [0.29, 0.717) is 18.2 Å². The summed E-state index contributed by atoms with van der Waals surface area (Å²) in [6.45, 7) is 4.95. The lowest BCUT2D eigenvalue weighted by Gasteiger charge is -2.17. The van der Waals surface area contributed by atoms with E-state index >= 15 is 0 Å². The topological polar surface area (TPSA) is 36.1 Å². The Bertz CT molecular complexity index is 587. The summed E-state index contributed by atoms with van der Waals surface area (Å²) in [4.78, 5) is 16.9. The van der Waals surface area contributed by atoms with Gasteiger partial charge in [-0.1, -0.05) is 38.1 Å². The maximum Gasteiger partial charge on any atom is 0.270 e. The highest BCUT2D eigenvalue weighted by atomic mass is 79.9. The third-order valence-corrected chi connectivity index (χ3v) is 3.75. The Labute approximate surface area is 128 Å². The van der Waals surface area contributed by atoms with Gasteiger partial charge in [0.25, 0.3) is 5.91 Å². The summed E-state index contributed by atoms with van der Waals surface area (Å²) in [6, 6.07) is 10.2. The first-order valence-electron chi connectivity index (χ1n) is 6.65. The highest BCUT2D eigenvalue weighted by molar-refractivity contribution is 9.10. The van der Waals surface area contributed by atoms with Gasteiger partial charge in [-0.3, -0.25) is 4.79 Å². The summed E-state index contributed by atoms with van der Waals surface area (Å²) in [5.74, 6) is 0.517. The van der Waals surface area contributed by atoms with Crippen LogP contribution in [0.15, 0.2) is 41.0 Å². The van der Waals surface area contributed by atoms with Crippen molar-refractivity contribution >= 4 is 21.8 Å². The van der Waals surface area contributed by atoms with Gasteiger partial charge in [-0.15, -0.1) is 0 Å². The summed E-state index contributed by atoms with van der Waals surface area (Å²) in [5.41, 5.74) is 3.05. The molecule has 0 radical (unpaired) electrons. The van der Waals surface area contributed by atoms with Crippen LogP contribution in [-0.4, -0.2) is 22.8 Å². The van der Waals surface area contributed by atoms with Crippen LogP contribution in [0.25, 0.3) is 0 Å². The molecule has 2 rings (SSSR count). The van der Waals surface area contributed by atoms with Gasteiger partial charge in [0.05, 0.1) is 0 Å². The number of halogens is 1. The molecule has 1 amide bonds. The molecular weight excluding hydrogens is 316 g/mol. The standard InChI is InChI=1S/C16H19BrN2O/c1-11(2)13-6-4-12(5-7-13)10-19(3)16(20)15-8-14(17)9-18-15/h4-9,11,18H,10H2,1-3H3. The summed E-state index contributed by atoms with van der Waals surface area (Å²) < 4.78 is 0.885. The number of carbonyl (C=O) groups is 1. The van der Waals surface area contributed by atoms with E-state index in [0.717, 1.165) is 10.0 Å². The van der Waals surface area contributed by atoms with Gasteiger partial charge in [0.15, 0.2) is 0 Å². The van der Waals surface area contributed by atoms with Crippen molar-refractivity contribution in [1.82, 2.24) is 9.88 Å². The second-order valence-electron chi connectivity index (χ2n) is 5.29. The maximum absolute atomic E-state index is 12.2. The quantitative estimate of drug-likeness (QED) is 0.894. The first-order chi connectivity index (χ1) is 9.47. The Morgan fingerprint density at radius 2 is 1.95 bits per heavy atom. The first-order valence-corrected chi connectivity index (χ1v) is 7.45. The Kier molecular flexibility index (Phi) is 4.65. The van der Waals surface area contributed by atoms with Crippen molar-refractivity contribution in [3.63, 3.8) is 0 Å². The number of nitrogens with zero attached hydrogens (tertiary/aromatic N) is 1. The largest absolute Gasteiger partial charge is 0.356 e. The normalized spacial score (nSPS) is 10.8. The molecule has 0 atom stereocenters. The maximum atomic E-state index is 12.2. The van der Waals surface area contributed by atoms with Crippen LogP contribution in [0.5, 0.6) is 0 Å². The molecule has 0 bridgehead atoms. The van der Waals surface area contributed by atoms with Crippen LogP contribution >= 0.6 is 15.9 Å². The number of hydrogen-bond donors (Lipinski definition) is 1. The summed E-state index contributed by atoms with van der Waals surface area (Å²) in [6.07, 6.45) is 1.76. The minimum Gasteiger partial charge on any atom is -0.356 e. The molecule has 0 aliphatic heterocycles. The second-order valence-corrected chi connectivity index (χ2v) is 6.20. The number of carbonyl (C=O) groups excluding carboxylic acids is 1. The fraction of sp³-hybridized carbons (Fsp3) is 0.312. The molecule has 1 heterocycles. The van der Waals surface area contributed by atoms with Gasteiger partial charge < -0.3 is 9.88 Å². The fourth-order valence-corrected chi connectivity index (χ4v) is 2.39. The monoisotopic (exact) mass is 334 g/mol. The number of rotatable bonds is 4. The molecule has 20 heavy (non-hydrogen) atoms. The second kappa shape index (κ2) is 6.27. The predicted molar refractivity (Wildman–Crippen MR) is 84.8 cm³/mol. The van der Waals surface area contributed by atoms with Gasteiger partial charge in [-0.25, -0.2) is 0 Å². The van der Waals surface area contributed by atoms with Gasteiger partial charge >= 0.3 is 0 Å². The van der Waals surface area contributed by atoms with E-state index in [1.54, 1.807) is 17.2 Å².